The van der Waals surface area contributed by atoms with Crippen LogP contribution in [-0.4, -0.2) is 37.5 Å². The van der Waals surface area contributed by atoms with Crippen molar-refractivity contribution in [3.63, 3.8) is 0 Å². The van der Waals surface area contributed by atoms with Gasteiger partial charge in [0.05, 0.1) is 5.41 Å². The molecule has 0 aromatic carbocycles. The molecule has 3 heteroatoms. The van der Waals surface area contributed by atoms with Crippen molar-refractivity contribution in [1.29, 1.82) is 0 Å². The first kappa shape index (κ1) is 13.9. The summed E-state index contributed by atoms with van der Waals surface area (Å²) in [5.74, 6) is 1.12. The Morgan fingerprint density at radius 2 is 2.06 bits per heavy atom. The van der Waals surface area contributed by atoms with E-state index in [2.05, 4.69) is 12.2 Å². The highest BCUT2D eigenvalue weighted by Crippen LogP contribution is 2.32. The van der Waals surface area contributed by atoms with E-state index in [1.165, 1.54) is 32.1 Å². The van der Waals surface area contributed by atoms with Gasteiger partial charge in [-0.25, -0.2) is 0 Å². The van der Waals surface area contributed by atoms with Crippen LogP contribution in [0.1, 0.15) is 51.9 Å². The number of hydrogen-bond acceptors (Lipinski definition) is 2. The van der Waals surface area contributed by atoms with E-state index in [9.17, 15) is 4.79 Å². The second-order valence-corrected chi connectivity index (χ2v) is 6.25. The molecule has 1 saturated carbocycles. The molecule has 1 aliphatic heterocycles. The summed E-state index contributed by atoms with van der Waals surface area (Å²) in [5.41, 5.74) is -0.108. The Kier molecular flexibility index (Phi) is 4.66. The lowest BCUT2D eigenvalue weighted by Gasteiger charge is -2.34. The number of hydrogen-bond donors (Lipinski definition) is 1. The predicted octanol–water partition coefficient (Wildman–Crippen LogP) is 2.41. The summed E-state index contributed by atoms with van der Waals surface area (Å²) in [4.78, 5) is 14.7. The summed E-state index contributed by atoms with van der Waals surface area (Å²) in [6.07, 6.45) is 8.70. The maximum absolute atomic E-state index is 12.7. The second-order valence-electron chi connectivity index (χ2n) is 6.25. The monoisotopic (exact) mass is 252 g/mol. The average molecular weight is 252 g/mol. The fourth-order valence-electron chi connectivity index (χ4n) is 3.62. The average Bonchev–Trinajstić information content (AvgIpc) is 2.89. The van der Waals surface area contributed by atoms with Crippen molar-refractivity contribution in [3.8, 4) is 0 Å². The zero-order chi connectivity index (χ0) is 13.0. The van der Waals surface area contributed by atoms with Gasteiger partial charge in [-0.2, -0.15) is 0 Å². The van der Waals surface area contributed by atoms with Crippen molar-refractivity contribution in [2.75, 3.05) is 26.7 Å². The highest BCUT2D eigenvalue weighted by atomic mass is 16.2. The normalized spacial score (nSPS) is 29.4. The van der Waals surface area contributed by atoms with Crippen LogP contribution in [-0.2, 0) is 4.79 Å². The molecule has 1 unspecified atom stereocenters. The van der Waals surface area contributed by atoms with Crippen LogP contribution < -0.4 is 5.32 Å². The molecule has 1 heterocycles. The first-order valence-electron chi connectivity index (χ1n) is 7.64. The molecule has 18 heavy (non-hydrogen) atoms. The van der Waals surface area contributed by atoms with E-state index in [0.717, 1.165) is 38.4 Å². The first-order chi connectivity index (χ1) is 8.68. The zero-order valence-electron chi connectivity index (χ0n) is 12.0. The Balaban J connectivity index is 1.90. The lowest BCUT2D eigenvalue weighted by atomic mass is 9.82. The summed E-state index contributed by atoms with van der Waals surface area (Å²) >= 11 is 0. The van der Waals surface area contributed by atoms with E-state index in [1.807, 2.05) is 11.9 Å². The lowest BCUT2D eigenvalue weighted by Crippen LogP contribution is -2.45. The predicted molar refractivity (Wildman–Crippen MR) is 74.4 cm³/mol. The van der Waals surface area contributed by atoms with Gasteiger partial charge in [-0.15, -0.1) is 0 Å². The summed E-state index contributed by atoms with van der Waals surface area (Å²) in [5, 5.41) is 3.36. The van der Waals surface area contributed by atoms with Crippen LogP contribution >= 0.6 is 0 Å². The molecule has 1 aliphatic carbocycles. The number of carbonyl (C=O) groups excluding carboxylic acids is 1. The largest absolute Gasteiger partial charge is 0.345 e. The summed E-state index contributed by atoms with van der Waals surface area (Å²) in [6, 6.07) is 0. The number of amides is 1. The number of nitrogens with zero attached hydrogens (tertiary/aromatic N) is 1. The van der Waals surface area contributed by atoms with Gasteiger partial charge in [-0.3, -0.25) is 4.79 Å². The molecular weight excluding hydrogens is 224 g/mol. The van der Waals surface area contributed by atoms with Crippen LogP contribution in [0.3, 0.4) is 0 Å². The first-order valence-corrected chi connectivity index (χ1v) is 7.64. The molecule has 1 saturated heterocycles. The maximum Gasteiger partial charge on any atom is 0.229 e. The number of rotatable bonds is 4. The minimum absolute atomic E-state index is 0.108. The van der Waals surface area contributed by atoms with E-state index in [0.29, 0.717) is 5.91 Å². The molecule has 1 atom stereocenters. The molecule has 0 bridgehead atoms. The van der Waals surface area contributed by atoms with Crippen molar-refractivity contribution >= 4 is 5.91 Å². The van der Waals surface area contributed by atoms with E-state index >= 15 is 0 Å². The maximum atomic E-state index is 12.7. The Labute approximate surface area is 111 Å². The van der Waals surface area contributed by atoms with Gasteiger partial charge in [0.25, 0.3) is 0 Å². The molecule has 0 spiro atoms. The molecule has 1 N–H and O–H groups in total. The van der Waals surface area contributed by atoms with Crippen LogP contribution in [0.2, 0.25) is 0 Å². The Hall–Kier alpha value is -0.570. The van der Waals surface area contributed by atoms with Gasteiger partial charge in [0.1, 0.15) is 0 Å². The Morgan fingerprint density at radius 3 is 2.61 bits per heavy atom. The van der Waals surface area contributed by atoms with Crippen molar-refractivity contribution in [2.24, 2.45) is 11.3 Å². The molecule has 2 rings (SSSR count). The van der Waals surface area contributed by atoms with Gasteiger partial charge in [0.2, 0.25) is 5.91 Å². The smallest absolute Gasteiger partial charge is 0.229 e. The summed E-state index contributed by atoms with van der Waals surface area (Å²) < 4.78 is 0. The van der Waals surface area contributed by atoms with E-state index < -0.39 is 0 Å². The summed E-state index contributed by atoms with van der Waals surface area (Å²) in [7, 11) is 2.01. The molecule has 0 aromatic rings. The minimum atomic E-state index is -0.108. The third-order valence-electron chi connectivity index (χ3n) is 4.98. The van der Waals surface area contributed by atoms with Crippen molar-refractivity contribution in [2.45, 2.75) is 51.9 Å². The Bertz CT molecular complexity index is 278. The molecular formula is C15H28N2O. The van der Waals surface area contributed by atoms with Gasteiger partial charge >= 0.3 is 0 Å². The number of nitrogens with one attached hydrogen (secondary N) is 1. The topological polar surface area (TPSA) is 32.3 Å². The van der Waals surface area contributed by atoms with Gasteiger partial charge in [-0.05, 0) is 38.1 Å². The lowest BCUT2D eigenvalue weighted by molar-refractivity contribution is -0.140. The highest BCUT2D eigenvalue weighted by Gasteiger charge is 2.41. The molecule has 2 aliphatic rings. The van der Waals surface area contributed by atoms with E-state index in [4.69, 9.17) is 0 Å². The third kappa shape index (κ3) is 2.87. The van der Waals surface area contributed by atoms with Crippen LogP contribution in [0.25, 0.3) is 0 Å². The molecule has 0 aromatic heterocycles. The van der Waals surface area contributed by atoms with Crippen molar-refractivity contribution in [1.82, 2.24) is 10.2 Å². The van der Waals surface area contributed by atoms with Crippen molar-refractivity contribution < 1.29 is 4.79 Å². The van der Waals surface area contributed by atoms with Gasteiger partial charge in [0, 0.05) is 20.1 Å². The fourth-order valence-corrected chi connectivity index (χ4v) is 3.62. The third-order valence-corrected chi connectivity index (χ3v) is 4.98. The summed E-state index contributed by atoms with van der Waals surface area (Å²) in [6.45, 7) is 4.99. The molecule has 2 fully saturated rings. The standard InChI is InChI=1S/C15H28N2O/c1-3-15(9-10-16-12-15)14(18)17(2)11-13-7-5-4-6-8-13/h13,16H,3-12H2,1-2H3. The van der Waals surface area contributed by atoms with E-state index in [1.54, 1.807) is 0 Å². The zero-order valence-corrected chi connectivity index (χ0v) is 12.0. The molecule has 0 radical (unpaired) electrons. The van der Waals surface area contributed by atoms with E-state index in [-0.39, 0.29) is 5.41 Å². The molecule has 1 amide bonds. The van der Waals surface area contributed by atoms with Crippen molar-refractivity contribution in [3.05, 3.63) is 0 Å². The van der Waals surface area contributed by atoms with Gasteiger partial charge in [-0.1, -0.05) is 26.2 Å². The van der Waals surface area contributed by atoms with Crippen LogP contribution in [0.4, 0.5) is 0 Å². The van der Waals surface area contributed by atoms with Crippen LogP contribution in [0.5, 0.6) is 0 Å². The quantitative estimate of drug-likeness (QED) is 0.833. The molecule has 104 valence electrons. The van der Waals surface area contributed by atoms with Crippen LogP contribution in [0.15, 0.2) is 0 Å². The SMILES string of the molecule is CCC1(C(=O)N(C)CC2CCCCC2)CCNC1. The Morgan fingerprint density at radius 1 is 1.33 bits per heavy atom. The second kappa shape index (κ2) is 6.05. The highest BCUT2D eigenvalue weighted by molar-refractivity contribution is 5.83. The number of carbonyl (C=O) groups is 1. The van der Waals surface area contributed by atoms with Gasteiger partial charge in [0.15, 0.2) is 0 Å². The van der Waals surface area contributed by atoms with Crippen LogP contribution in [0, 0.1) is 11.3 Å². The van der Waals surface area contributed by atoms with Gasteiger partial charge < -0.3 is 10.2 Å². The minimum Gasteiger partial charge on any atom is -0.345 e. The molecule has 3 nitrogen and oxygen atoms in total. The fraction of sp³-hybridized carbons (Fsp3) is 0.933.